The summed E-state index contributed by atoms with van der Waals surface area (Å²) in [6, 6.07) is 14.0. The van der Waals surface area contributed by atoms with Gasteiger partial charge in [0.1, 0.15) is 29.5 Å². The van der Waals surface area contributed by atoms with E-state index in [4.69, 9.17) is 26.1 Å². The van der Waals surface area contributed by atoms with Crippen LogP contribution in [0, 0.1) is 13.8 Å². The highest BCUT2D eigenvalue weighted by Crippen LogP contribution is 2.29. The largest absolute Gasteiger partial charge is 0.491 e. The topological polar surface area (TPSA) is 92.2 Å². The van der Waals surface area contributed by atoms with Crippen molar-refractivity contribution in [1.82, 2.24) is 14.9 Å². The Labute approximate surface area is 290 Å². The van der Waals surface area contributed by atoms with Gasteiger partial charge in [-0.1, -0.05) is 54.6 Å². The summed E-state index contributed by atoms with van der Waals surface area (Å²) in [5.41, 5.74) is 5.33. The molecule has 1 aromatic heterocycles. The van der Waals surface area contributed by atoms with Gasteiger partial charge >= 0.3 is 6.03 Å². The predicted molar refractivity (Wildman–Crippen MR) is 197 cm³/mol. The predicted octanol–water partition coefficient (Wildman–Crippen LogP) is 8.56. The number of carbonyl (C=O) groups excluding carboxylic acids is 1. The highest BCUT2D eigenvalue weighted by Gasteiger charge is 2.34. The van der Waals surface area contributed by atoms with Gasteiger partial charge in [0.15, 0.2) is 5.17 Å². The molecular formula is C36H51ClN6O3S. The van der Waals surface area contributed by atoms with Crippen LogP contribution in [-0.4, -0.2) is 69.9 Å². The molecule has 0 aliphatic carbocycles. The Bertz CT molecular complexity index is 1480. The number of amides is 2. The van der Waals surface area contributed by atoms with Gasteiger partial charge in [0.05, 0.1) is 30.3 Å². The van der Waals surface area contributed by atoms with Crippen molar-refractivity contribution in [2.24, 2.45) is 4.99 Å². The number of halogens is 1. The molecule has 256 valence electrons. The second kappa shape index (κ2) is 18.3. The lowest BCUT2D eigenvalue weighted by Gasteiger charge is -2.38. The third kappa shape index (κ3) is 11.1. The van der Waals surface area contributed by atoms with Gasteiger partial charge in [-0.3, -0.25) is 14.8 Å². The number of carbonyl (C=O) groups is 1. The molecule has 0 atom stereocenters. The van der Waals surface area contributed by atoms with E-state index in [0.717, 1.165) is 48.4 Å². The van der Waals surface area contributed by atoms with Crippen LogP contribution in [0.1, 0.15) is 70.9 Å². The van der Waals surface area contributed by atoms with Gasteiger partial charge in [-0.25, -0.2) is 14.8 Å². The van der Waals surface area contributed by atoms with Crippen LogP contribution in [0.3, 0.4) is 0 Å². The Hall–Kier alpha value is -3.34. The average Bonchev–Trinajstić information content (AvgIpc) is 3.03. The van der Waals surface area contributed by atoms with Crippen LogP contribution in [0.5, 0.6) is 5.75 Å². The van der Waals surface area contributed by atoms with E-state index in [2.05, 4.69) is 35.2 Å². The monoisotopic (exact) mass is 682 g/mol. The van der Waals surface area contributed by atoms with Gasteiger partial charge in [0.25, 0.3) is 0 Å². The summed E-state index contributed by atoms with van der Waals surface area (Å²) in [6.07, 6.45) is 3.23. The molecule has 3 aromatic rings. The number of ether oxygens (including phenoxy) is 2. The Balaban J connectivity index is 0.000000261. The first kappa shape index (κ1) is 38.1. The van der Waals surface area contributed by atoms with Gasteiger partial charge in [0.2, 0.25) is 0 Å². The van der Waals surface area contributed by atoms with Crippen molar-refractivity contribution in [1.29, 1.82) is 0 Å². The number of aliphatic imine (C=N–C) groups is 1. The third-order valence-electron chi connectivity index (χ3n) is 7.40. The second-order valence-electron chi connectivity index (χ2n) is 12.4. The van der Waals surface area contributed by atoms with E-state index < -0.39 is 0 Å². The summed E-state index contributed by atoms with van der Waals surface area (Å²) in [6.45, 7) is 21.1. The van der Waals surface area contributed by atoms with Crippen LogP contribution >= 0.6 is 23.4 Å². The Morgan fingerprint density at radius 3 is 2.40 bits per heavy atom. The minimum atomic E-state index is -0.190. The summed E-state index contributed by atoms with van der Waals surface area (Å²) in [4.78, 5) is 29.5. The average molecular weight is 683 g/mol. The van der Waals surface area contributed by atoms with Crippen molar-refractivity contribution in [2.75, 3.05) is 42.5 Å². The van der Waals surface area contributed by atoms with Gasteiger partial charge in [-0.2, -0.15) is 0 Å². The number of aryl methyl sites for hydroxylation is 1. The second-order valence-corrected chi connectivity index (χ2v) is 13.7. The first-order chi connectivity index (χ1) is 22.4. The number of benzene rings is 2. The first-order valence-corrected chi connectivity index (χ1v) is 17.7. The van der Waals surface area contributed by atoms with Crippen LogP contribution < -0.4 is 15.0 Å². The molecule has 0 unspecified atom stereocenters. The SMILES string of the molecule is CC(C)N1C(=O)N(c2ccccc2)CS/C1=N\C(C)(C)C.CCOCCc1ccc(OCCNc2ncnc(CC)c2Cl)c(C)c1C. The first-order valence-electron chi connectivity index (χ1n) is 16.3. The van der Waals surface area contributed by atoms with Crippen LogP contribution in [0.4, 0.5) is 16.3 Å². The number of hydrogen-bond acceptors (Lipinski definition) is 8. The number of urea groups is 1. The summed E-state index contributed by atoms with van der Waals surface area (Å²) in [5.74, 6) is 2.16. The molecule has 0 radical (unpaired) electrons. The fourth-order valence-electron chi connectivity index (χ4n) is 4.78. The van der Waals surface area contributed by atoms with E-state index in [1.54, 1.807) is 21.6 Å². The molecule has 2 heterocycles. The maximum absolute atomic E-state index is 12.8. The molecule has 1 fully saturated rings. The number of nitrogens with zero attached hydrogens (tertiary/aromatic N) is 5. The lowest BCUT2D eigenvalue weighted by atomic mass is 10.0. The minimum Gasteiger partial charge on any atom is -0.491 e. The maximum Gasteiger partial charge on any atom is 0.331 e. The molecule has 2 aromatic carbocycles. The zero-order valence-electron chi connectivity index (χ0n) is 29.4. The number of rotatable bonds is 12. The molecule has 1 aliphatic heterocycles. The van der Waals surface area contributed by atoms with Crippen molar-refractivity contribution in [3.05, 3.63) is 76.2 Å². The summed E-state index contributed by atoms with van der Waals surface area (Å²) in [7, 11) is 0. The third-order valence-corrected chi connectivity index (χ3v) is 8.73. The molecule has 0 spiro atoms. The van der Waals surface area contributed by atoms with Crippen LogP contribution in [0.25, 0.3) is 0 Å². The Kier molecular flexibility index (Phi) is 14.8. The number of amidine groups is 1. The van der Waals surface area contributed by atoms with Crippen LogP contribution in [-0.2, 0) is 17.6 Å². The zero-order chi connectivity index (χ0) is 34.6. The van der Waals surface area contributed by atoms with Crippen molar-refractivity contribution in [3.8, 4) is 5.75 Å². The molecule has 0 bridgehead atoms. The normalized spacial score (nSPS) is 14.4. The highest BCUT2D eigenvalue weighted by molar-refractivity contribution is 8.14. The lowest BCUT2D eigenvalue weighted by Crippen LogP contribution is -2.53. The van der Waals surface area contributed by atoms with E-state index >= 15 is 0 Å². The quantitative estimate of drug-likeness (QED) is 0.191. The van der Waals surface area contributed by atoms with Gasteiger partial charge in [0, 0.05) is 18.3 Å². The molecule has 1 saturated heterocycles. The van der Waals surface area contributed by atoms with E-state index in [1.807, 2.05) is 84.9 Å². The highest BCUT2D eigenvalue weighted by atomic mass is 35.5. The molecule has 1 aliphatic rings. The van der Waals surface area contributed by atoms with Crippen molar-refractivity contribution < 1.29 is 14.3 Å². The van der Waals surface area contributed by atoms with Gasteiger partial charge in [-0.05, 0) is 103 Å². The summed E-state index contributed by atoms with van der Waals surface area (Å²) in [5, 5.41) is 4.61. The molecule has 9 nitrogen and oxygen atoms in total. The van der Waals surface area contributed by atoms with Gasteiger partial charge in [-0.15, -0.1) is 0 Å². The summed E-state index contributed by atoms with van der Waals surface area (Å²) < 4.78 is 11.4. The van der Waals surface area contributed by atoms with Gasteiger partial charge < -0.3 is 14.8 Å². The lowest BCUT2D eigenvalue weighted by molar-refractivity contribution is 0.151. The fraction of sp³-hybridized carbons (Fsp3) is 0.500. The smallest absolute Gasteiger partial charge is 0.331 e. The fourth-order valence-corrected chi connectivity index (χ4v) is 6.35. The summed E-state index contributed by atoms with van der Waals surface area (Å²) >= 11 is 7.90. The molecule has 1 N–H and O–H groups in total. The van der Waals surface area contributed by atoms with Crippen LogP contribution in [0.2, 0.25) is 5.02 Å². The molecular weight excluding hydrogens is 632 g/mol. The molecule has 0 saturated carbocycles. The van der Waals surface area contributed by atoms with Crippen molar-refractivity contribution in [3.63, 3.8) is 0 Å². The minimum absolute atomic E-state index is 0.00190. The number of nitrogens with one attached hydrogen (secondary N) is 1. The molecule has 47 heavy (non-hydrogen) atoms. The van der Waals surface area contributed by atoms with E-state index in [0.29, 0.717) is 29.9 Å². The van der Waals surface area contributed by atoms with Crippen molar-refractivity contribution in [2.45, 2.75) is 86.7 Å². The number of anilines is 2. The Morgan fingerprint density at radius 1 is 1.04 bits per heavy atom. The van der Waals surface area contributed by atoms with Crippen molar-refractivity contribution >= 4 is 46.1 Å². The zero-order valence-corrected chi connectivity index (χ0v) is 31.0. The molecule has 11 heteroatoms. The van der Waals surface area contributed by atoms with E-state index in [9.17, 15) is 4.79 Å². The Morgan fingerprint density at radius 2 is 1.77 bits per heavy atom. The van der Waals surface area contributed by atoms with E-state index in [1.165, 1.54) is 23.0 Å². The standard InChI is InChI=1S/C20H28ClN3O2.C16H23N3OS/c1-5-17-19(21)20(24-13-23-17)22-10-12-26-18-8-7-16(9-11-25-6-2)14(3)15(18)4;1-12(2)19-14(17-16(3,4)5)21-11-18(15(19)20)13-9-7-6-8-10-13/h7-8,13H,5-6,9-12H2,1-4H3,(H,22,23,24);6-10,12H,11H2,1-5H3/b;17-14-. The van der Waals surface area contributed by atoms with Crippen LogP contribution in [0.15, 0.2) is 53.8 Å². The number of thioether (sulfide) groups is 1. The number of aromatic nitrogens is 2. The number of hydrogen-bond donors (Lipinski definition) is 1. The maximum atomic E-state index is 12.8. The number of para-hydroxylation sites is 1. The molecule has 4 rings (SSSR count). The van der Waals surface area contributed by atoms with E-state index in [-0.39, 0.29) is 17.6 Å². The molecule has 2 amide bonds.